The Balaban J connectivity index is 1.76. The number of amides is 1. The molecular formula is C17H22N2O6. The largest absolute Gasteiger partial charge is 0.454 e. The van der Waals surface area contributed by atoms with Crippen LogP contribution in [0.5, 0.6) is 0 Å². The smallest absolute Gasteiger partial charge is 0.335 e. The fourth-order valence-electron chi connectivity index (χ4n) is 2.36. The van der Waals surface area contributed by atoms with Crippen molar-refractivity contribution in [3.05, 3.63) is 16.9 Å². The first-order valence-corrected chi connectivity index (χ1v) is 8.12. The van der Waals surface area contributed by atoms with Crippen molar-refractivity contribution in [1.29, 1.82) is 5.26 Å². The van der Waals surface area contributed by atoms with Gasteiger partial charge in [-0.05, 0) is 33.6 Å². The van der Waals surface area contributed by atoms with E-state index in [1.807, 2.05) is 6.07 Å². The lowest BCUT2D eigenvalue weighted by Gasteiger charge is -2.15. The molecule has 8 heteroatoms. The molecule has 0 radical (unpaired) electrons. The third-order valence-corrected chi connectivity index (χ3v) is 3.98. The maximum Gasteiger partial charge on any atom is 0.335 e. The Hall–Kier alpha value is -2.37. The lowest BCUT2D eigenvalue weighted by molar-refractivity contribution is -0.159. The van der Waals surface area contributed by atoms with Gasteiger partial charge >= 0.3 is 5.97 Å². The normalized spacial score (nSPS) is 17.8. The van der Waals surface area contributed by atoms with Crippen LogP contribution in [0, 0.1) is 25.2 Å². The number of carbonyl (C=O) groups excluding carboxylic acids is 2. The van der Waals surface area contributed by atoms with Crippen molar-refractivity contribution in [2.75, 3.05) is 25.1 Å². The highest BCUT2D eigenvalue weighted by atomic mass is 16.6. The molecule has 1 saturated heterocycles. The summed E-state index contributed by atoms with van der Waals surface area (Å²) in [6.45, 7) is 5.51. The minimum Gasteiger partial charge on any atom is -0.454 e. The highest BCUT2D eigenvalue weighted by molar-refractivity contribution is 5.93. The zero-order valence-corrected chi connectivity index (χ0v) is 14.6. The van der Waals surface area contributed by atoms with E-state index < -0.39 is 24.6 Å². The second-order valence-electron chi connectivity index (χ2n) is 5.87. The summed E-state index contributed by atoms with van der Waals surface area (Å²) in [7, 11) is 0. The van der Waals surface area contributed by atoms with Crippen molar-refractivity contribution in [3.8, 4) is 6.07 Å². The van der Waals surface area contributed by atoms with Gasteiger partial charge < -0.3 is 18.6 Å². The van der Waals surface area contributed by atoms with E-state index in [0.717, 1.165) is 12.8 Å². The highest BCUT2D eigenvalue weighted by Crippen LogP contribution is 2.25. The molecule has 25 heavy (non-hydrogen) atoms. The molecule has 1 aromatic rings. The van der Waals surface area contributed by atoms with Gasteiger partial charge in [0.15, 0.2) is 12.7 Å². The van der Waals surface area contributed by atoms with E-state index in [9.17, 15) is 9.59 Å². The molecule has 1 aromatic heterocycles. The maximum atomic E-state index is 11.9. The van der Waals surface area contributed by atoms with Crippen molar-refractivity contribution < 1.29 is 28.2 Å². The van der Waals surface area contributed by atoms with E-state index in [-0.39, 0.29) is 17.6 Å². The third kappa shape index (κ3) is 5.05. The lowest BCUT2D eigenvalue weighted by atomic mass is 10.2. The molecule has 0 spiro atoms. The number of hydrogen-bond donors (Lipinski definition) is 1. The summed E-state index contributed by atoms with van der Waals surface area (Å²) in [6, 6.07) is 1.97. The molecule has 2 heterocycles. The number of carbonyl (C=O) groups is 2. The van der Waals surface area contributed by atoms with Gasteiger partial charge in [-0.2, -0.15) is 5.26 Å². The Bertz CT molecular complexity index is 669. The second kappa shape index (κ2) is 8.65. The zero-order valence-electron chi connectivity index (χ0n) is 14.6. The van der Waals surface area contributed by atoms with Crippen molar-refractivity contribution in [3.63, 3.8) is 0 Å². The van der Waals surface area contributed by atoms with E-state index >= 15 is 0 Å². The number of nitrogens with zero attached hydrogens (tertiary/aromatic N) is 1. The Morgan fingerprint density at radius 1 is 1.44 bits per heavy atom. The van der Waals surface area contributed by atoms with Crippen LogP contribution in [0.25, 0.3) is 0 Å². The molecule has 8 nitrogen and oxygen atoms in total. The van der Waals surface area contributed by atoms with Crippen molar-refractivity contribution in [2.45, 2.75) is 45.8 Å². The molecule has 2 unspecified atom stereocenters. The first kappa shape index (κ1) is 19.0. The minimum absolute atomic E-state index is 0.00776. The van der Waals surface area contributed by atoms with Gasteiger partial charge in [0.2, 0.25) is 5.88 Å². The van der Waals surface area contributed by atoms with Crippen LogP contribution in [0.3, 0.4) is 0 Å². The van der Waals surface area contributed by atoms with Crippen LogP contribution in [0.4, 0.5) is 5.88 Å². The summed E-state index contributed by atoms with van der Waals surface area (Å²) in [5, 5.41) is 11.5. The molecule has 1 N–H and O–H groups in total. The first-order chi connectivity index (χ1) is 11.9. The van der Waals surface area contributed by atoms with Crippen molar-refractivity contribution >= 4 is 17.8 Å². The first-order valence-electron chi connectivity index (χ1n) is 8.12. The number of nitrogens with one attached hydrogen (secondary N) is 1. The summed E-state index contributed by atoms with van der Waals surface area (Å²) in [6.07, 6.45) is 1.12. The van der Waals surface area contributed by atoms with Crippen LogP contribution >= 0.6 is 0 Å². The average molecular weight is 350 g/mol. The number of ether oxygens (including phenoxy) is 3. The molecule has 0 aromatic carbocycles. The summed E-state index contributed by atoms with van der Waals surface area (Å²) in [5.74, 6) is -0.633. The van der Waals surface area contributed by atoms with E-state index in [2.05, 4.69) is 5.32 Å². The molecule has 0 saturated carbocycles. The fourth-order valence-corrected chi connectivity index (χ4v) is 2.36. The number of esters is 1. The zero-order chi connectivity index (χ0) is 18.4. The van der Waals surface area contributed by atoms with Crippen LogP contribution in [-0.2, 0) is 23.8 Å². The number of aryl methyl sites for hydroxylation is 1. The Morgan fingerprint density at radius 2 is 2.20 bits per heavy atom. The Labute approximate surface area is 146 Å². The highest BCUT2D eigenvalue weighted by Gasteiger charge is 2.22. The van der Waals surface area contributed by atoms with Crippen molar-refractivity contribution in [2.24, 2.45) is 0 Å². The summed E-state index contributed by atoms with van der Waals surface area (Å²) in [5.41, 5.74) is 0.913. The van der Waals surface area contributed by atoms with Crippen LogP contribution in [0.2, 0.25) is 0 Å². The third-order valence-electron chi connectivity index (χ3n) is 3.98. The summed E-state index contributed by atoms with van der Waals surface area (Å²) in [4.78, 5) is 23.7. The van der Waals surface area contributed by atoms with Gasteiger partial charge in [-0.3, -0.25) is 10.1 Å². The average Bonchev–Trinajstić information content (AvgIpc) is 3.19. The standard InChI is InChI=1S/C17H22N2O6/c1-10-11(2)25-16(14(10)7-18)19-15(20)9-24-17(21)12(3)23-8-13-5-4-6-22-13/h12-13H,4-6,8-9H2,1-3H3,(H,19,20). The molecule has 1 aliphatic heterocycles. The molecule has 1 fully saturated rings. The van der Waals surface area contributed by atoms with Gasteiger partial charge in [-0.25, -0.2) is 4.79 Å². The number of rotatable bonds is 7. The molecular weight excluding hydrogens is 328 g/mol. The van der Waals surface area contributed by atoms with E-state index in [1.165, 1.54) is 0 Å². The van der Waals surface area contributed by atoms with E-state index in [0.29, 0.717) is 24.5 Å². The number of nitriles is 1. The van der Waals surface area contributed by atoms with Gasteiger partial charge in [-0.15, -0.1) is 0 Å². The second-order valence-corrected chi connectivity index (χ2v) is 5.87. The molecule has 2 rings (SSSR count). The van der Waals surface area contributed by atoms with Crippen LogP contribution < -0.4 is 5.32 Å². The minimum atomic E-state index is -0.792. The quantitative estimate of drug-likeness (QED) is 0.747. The topological polar surface area (TPSA) is 111 Å². The van der Waals surface area contributed by atoms with Gasteiger partial charge in [0.05, 0.1) is 12.7 Å². The molecule has 1 amide bonds. The fraction of sp³-hybridized carbons (Fsp3) is 0.588. The molecule has 0 aliphatic carbocycles. The summed E-state index contributed by atoms with van der Waals surface area (Å²) >= 11 is 0. The van der Waals surface area contributed by atoms with Gasteiger partial charge in [0.1, 0.15) is 17.4 Å². The molecule has 2 atom stereocenters. The Kier molecular flexibility index (Phi) is 6.56. The number of furan rings is 1. The van der Waals surface area contributed by atoms with E-state index in [4.69, 9.17) is 23.9 Å². The van der Waals surface area contributed by atoms with Gasteiger partial charge in [0.25, 0.3) is 5.91 Å². The SMILES string of the molecule is Cc1oc(NC(=O)COC(=O)C(C)OCC2CCCO2)c(C#N)c1C. The molecule has 0 bridgehead atoms. The van der Waals surface area contributed by atoms with Crippen molar-refractivity contribution in [1.82, 2.24) is 0 Å². The summed E-state index contributed by atoms with van der Waals surface area (Å²) < 4.78 is 21.0. The van der Waals surface area contributed by atoms with E-state index in [1.54, 1.807) is 20.8 Å². The van der Waals surface area contributed by atoms with Crippen LogP contribution in [0.1, 0.15) is 36.7 Å². The monoisotopic (exact) mass is 350 g/mol. The lowest BCUT2D eigenvalue weighted by Crippen LogP contribution is -2.30. The maximum absolute atomic E-state index is 11.9. The Morgan fingerprint density at radius 3 is 2.84 bits per heavy atom. The van der Waals surface area contributed by atoms with Gasteiger partial charge in [0, 0.05) is 12.2 Å². The van der Waals surface area contributed by atoms with Crippen LogP contribution in [-0.4, -0.2) is 43.9 Å². The predicted molar refractivity (Wildman–Crippen MR) is 86.9 cm³/mol. The predicted octanol–water partition coefficient (Wildman–Crippen LogP) is 1.83. The van der Waals surface area contributed by atoms with Crippen LogP contribution in [0.15, 0.2) is 4.42 Å². The number of anilines is 1. The number of hydrogen-bond acceptors (Lipinski definition) is 7. The molecule has 136 valence electrons. The van der Waals surface area contributed by atoms with Gasteiger partial charge in [-0.1, -0.05) is 0 Å². The molecule has 1 aliphatic rings.